The lowest BCUT2D eigenvalue weighted by Crippen LogP contribution is -1.79. The summed E-state index contributed by atoms with van der Waals surface area (Å²) in [6, 6.07) is 35.4. The van der Waals surface area contributed by atoms with Gasteiger partial charge in [-0.3, -0.25) is 0 Å². The molecule has 0 aliphatic rings. The molecule has 0 aliphatic heterocycles. The summed E-state index contributed by atoms with van der Waals surface area (Å²) in [7, 11) is 0. The van der Waals surface area contributed by atoms with Crippen molar-refractivity contribution in [3.63, 3.8) is 0 Å². The van der Waals surface area contributed by atoms with Gasteiger partial charge in [0.15, 0.2) is 0 Å². The summed E-state index contributed by atoms with van der Waals surface area (Å²) < 4.78 is 2.70. The van der Waals surface area contributed by atoms with Gasteiger partial charge >= 0.3 is 0 Å². The molecule has 0 saturated heterocycles. The summed E-state index contributed by atoms with van der Waals surface area (Å²) >= 11 is 1.87. The van der Waals surface area contributed by atoms with Crippen LogP contribution in [0.15, 0.2) is 97.1 Å². The summed E-state index contributed by atoms with van der Waals surface area (Å²) in [5, 5.41) is 7.87. The minimum absolute atomic E-state index is 1.19. The van der Waals surface area contributed by atoms with Crippen molar-refractivity contribution >= 4 is 64.1 Å². The zero-order chi connectivity index (χ0) is 19.7. The molecular formula is C28H17NS. The molecular weight excluding hydrogens is 382 g/mol. The van der Waals surface area contributed by atoms with Gasteiger partial charge in [-0.25, -0.2) is 0 Å². The zero-order valence-electron chi connectivity index (χ0n) is 16.1. The Balaban J connectivity index is 1.52. The normalized spacial score (nSPS) is 12.0. The van der Waals surface area contributed by atoms with Gasteiger partial charge in [-0.05, 0) is 58.3 Å². The van der Waals surface area contributed by atoms with Gasteiger partial charge in [-0.2, -0.15) is 0 Å². The van der Waals surface area contributed by atoms with Crippen molar-refractivity contribution in [2.45, 2.75) is 0 Å². The average molecular weight is 400 g/mol. The Morgan fingerprint density at radius 3 is 2.13 bits per heavy atom. The minimum atomic E-state index is 1.19. The summed E-state index contributed by atoms with van der Waals surface area (Å²) in [5.41, 5.74) is 4.91. The Hall–Kier alpha value is -3.62. The number of aromatic nitrogens is 1. The first-order valence-corrected chi connectivity index (χ1v) is 11.0. The highest BCUT2D eigenvalue weighted by Gasteiger charge is 2.11. The second-order valence-electron chi connectivity index (χ2n) is 7.90. The molecule has 5 aromatic carbocycles. The molecule has 0 radical (unpaired) electrons. The SMILES string of the molecule is c1ccc2c(c1)ccc1[nH]c3ccc(-c4ccc5sc6ccccc6c5c4)cc3c12. The van der Waals surface area contributed by atoms with Crippen LogP contribution in [-0.2, 0) is 0 Å². The molecule has 7 aromatic rings. The Morgan fingerprint density at radius 1 is 0.500 bits per heavy atom. The van der Waals surface area contributed by atoms with Crippen molar-refractivity contribution in [3.05, 3.63) is 97.1 Å². The number of rotatable bonds is 1. The summed E-state index contributed by atoms with van der Waals surface area (Å²) in [6.07, 6.45) is 0. The van der Waals surface area contributed by atoms with Gasteiger partial charge < -0.3 is 4.98 Å². The number of hydrogen-bond donors (Lipinski definition) is 1. The third-order valence-electron chi connectivity index (χ3n) is 6.20. The number of H-pyrrole nitrogens is 1. The van der Waals surface area contributed by atoms with Crippen molar-refractivity contribution < 1.29 is 0 Å². The molecule has 0 fully saturated rings. The van der Waals surface area contributed by atoms with E-state index in [1.54, 1.807) is 0 Å². The molecule has 2 heteroatoms. The molecule has 30 heavy (non-hydrogen) atoms. The van der Waals surface area contributed by atoms with Gasteiger partial charge in [0.1, 0.15) is 0 Å². The van der Waals surface area contributed by atoms with E-state index in [0.29, 0.717) is 0 Å². The van der Waals surface area contributed by atoms with Crippen molar-refractivity contribution in [2.75, 3.05) is 0 Å². The van der Waals surface area contributed by atoms with Gasteiger partial charge in [0.2, 0.25) is 0 Å². The standard InChI is InChI=1S/C28H17NS/c1-2-6-20-17(5-1)9-13-25-28(20)23-16-18(10-12-24(23)29-25)19-11-14-27-22(15-19)21-7-3-4-8-26(21)30-27/h1-16,29H. The number of hydrogen-bond acceptors (Lipinski definition) is 1. The maximum absolute atomic E-state index is 3.60. The zero-order valence-corrected chi connectivity index (χ0v) is 17.0. The number of fused-ring (bicyclic) bond motifs is 8. The van der Waals surface area contributed by atoms with Crippen LogP contribution in [0.4, 0.5) is 0 Å². The predicted octanol–water partition coefficient (Wildman–Crippen LogP) is 8.51. The molecule has 2 aromatic heterocycles. The van der Waals surface area contributed by atoms with E-state index in [-0.39, 0.29) is 0 Å². The highest BCUT2D eigenvalue weighted by atomic mass is 32.1. The van der Waals surface area contributed by atoms with Gasteiger partial charge in [0, 0.05) is 42.0 Å². The molecule has 0 spiro atoms. The second-order valence-corrected chi connectivity index (χ2v) is 8.99. The van der Waals surface area contributed by atoms with E-state index in [2.05, 4.69) is 102 Å². The van der Waals surface area contributed by atoms with Gasteiger partial charge in [-0.15, -0.1) is 11.3 Å². The molecule has 140 valence electrons. The van der Waals surface area contributed by atoms with Crippen LogP contribution in [0, 0.1) is 0 Å². The molecule has 1 N–H and O–H groups in total. The number of nitrogens with one attached hydrogen (secondary N) is 1. The molecule has 7 rings (SSSR count). The largest absolute Gasteiger partial charge is 0.354 e. The minimum Gasteiger partial charge on any atom is -0.354 e. The second kappa shape index (κ2) is 5.94. The van der Waals surface area contributed by atoms with Crippen molar-refractivity contribution in [3.8, 4) is 11.1 Å². The van der Waals surface area contributed by atoms with E-state index in [9.17, 15) is 0 Å². The van der Waals surface area contributed by atoms with E-state index < -0.39 is 0 Å². The fourth-order valence-corrected chi connectivity index (χ4v) is 5.84. The first-order chi connectivity index (χ1) is 14.8. The average Bonchev–Trinajstić information content (AvgIpc) is 3.36. The third-order valence-corrected chi connectivity index (χ3v) is 7.35. The first-order valence-electron chi connectivity index (χ1n) is 10.2. The molecule has 2 heterocycles. The summed E-state index contributed by atoms with van der Waals surface area (Å²) in [5.74, 6) is 0. The van der Waals surface area contributed by atoms with E-state index in [4.69, 9.17) is 0 Å². The van der Waals surface area contributed by atoms with Gasteiger partial charge in [-0.1, -0.05) is 60.7 Å². The van der Waals surface area contributed by atoms with Crippen LogP contribution >= 0.6 is 11.3 Å². The van der Waals surface area contributed by atoms with Gasteiger partial charge in [0.05, 0.1) is 0 Å². The lowest BCUT2D eigenvalue weighted by molar-refractivity contribution is 1.55. The van der Waals surface area contributed by atoms with Crippen molar-refractivity contribution in [1.29, 1.82) is 0 Å². The maximum Gasteiger partial charge on any atom is 0.0471 e. The Kier molecular flexibility index (Phi) is 3.21. The first kappa shape index (κ1) is 16.2. The lowest BCUT2D eigenvalue weighted by Gasteiger charge is -2.04. The van der Waals surface area contributed by atoms with Crippen molar-refractivity contribution in [1.82, 2.24) is 4.98 Å². The topological polar surface area (TPSA) is 15.8 Å². The number of thiophene rings is 1. The Labute approximate surface area is 177 Å². The smallest absolute Gasteiger partial charge is 0.0471 e. The van der Waals surface area contributed by atoms with E-state index in [0.717, 1.165) is 0 Å². The molecule has 0 bridgehead atoms. The van der Waals surface area contributed by atoms with Crippen LogP contribution in [0.25, 0.3) is 63.9 Å². The third kappa shape index (κ3) is 2.23. The maximum atomic E-state index is 3.60. The van der Waals surface area contributed by atoms with Crippen LogP contribution in [0.3, 0.4) is 0 Å². The fraction of sp³-hybridized carbons (Fsp3) is 0. The Morgan fingerprint density at radius 2 is 1.20 bits per heavy atom. The molecule has 0 saturated carbocycles. The predicted molar refractivity (Wildman–Crippen MR) is 132 cm³/mol. The quantitative estimate of drug-likeness (QED) is 0.285. The van der Waals surface area contributed by atoms with Crippen LogP contribution in [0.5, 0.6) is 0 Å². The van der Waals surface area contributed by atoms with Crippen LogP contribution < -0.4 is 0 Å². The number of benzene rings is 5. The number of aromatic amines is 1. The fourth-order valence-electron chi connectivity index (χ4n) is 4.76. The molecule has 0 unspecified atom stereocenters. The van der Waals surface area contributed by atoms with Crippen molar-refractivity contribution in [2.24, 2.45) is 0 Å². The lowest BCUT2D eigenvalue weighted by atomic mass is 9.99. The molecule has 1 nitrogen and oxygen atoms in total. The monoisotopic (exact) mass is 399 g/mol. The van der Waals surface area contributed by atoms with Gasteiger partial charge in [0.25, 0.3) is 0 Å². The Bertz CT molecular complexity index is 1750. The highest BCUT2D eigenvalue weighted by molar-refractivity contribution is 7.25. The molecule has 0 atom stereocenters. The van der Waals surface area contributed by atoms with E-state index in [1.807, 2.05) is 11.3 Å². The van der Waals surface area contributed by atoms with Crippen LogP contribution in [0.2, 0.25) is 0 Å². The molecule has 0 aliphatic carbocycles. The van der Waals surface area contributed by atoms with E-state index >= 15 is 0 Å². The van der Waals surface area contributed by atoms with Crippen LogP contribution in [-0.4, -0.2) is 4.98 Å². The van der Waals surface area contributed by atoms with E-state index in [1.165, 1.54) is 63.9 Å². The summed E-state index contributed by atoms with van der Waals surface area (Å²) in [4.78, 5) is 3.60. The molecule has 0 amide bonds. The summed E-state index contributed by atoms with van der Waals surface area (Å²) in [6.45, 7) is 0. The van der Waals surface area contributed by atoms with Crippen LogP contribution in [0.1, 0.15) is 0 Å². The highest BCUT2D eigenvalue weighted by Crippen LogP contribution is 2.38.